The van der Waals surface area contributed by atoms with Crippen molar-refractivity contribution in [2.24, 2.45) is 0 Å². The van der Waals surface area contributed by atoms with Crippen LogP contribution in [0.3, 0.4) is 0 Å². The Morgan fingerprint density at radius 2 is 2.04 bits per heavy atom. The van der Waals surface area contributed by atoms with E-state index in [1.54, 1.807) is 19.1 Å². The van der Waals surface area contributed by atoms with Crippen LogP contribution >= 0.6 is 11.3 Å². The number of halogens is 1. The molecular weight excluding hydrogens is 382 g/mol. The van der Waals surface area contributed by atoms with Gasteiger partial charge in [0.25, 0.3) is 5.91 Å². The molecule has 0 saturated heterocycles. The maximum absolute atomic E-state index is 14.5. The van der Waals surface area contributed by atoms with Crippen molar-refractivity contribution in [1.29, 1.82) is 0 Å². The van der Waals surface area contributed by atoms with E-state index >= 15 is 0 Å². The van der Waals surface area contributed by atoms with Crippen molar-refractivity contribution in [2.75, 3.05) is 12.4 Å². The van der Waals surface area contributed by atoms with E-state index in [2.05, 4.69) is 20.5 Å². The average Bonchev–Trinajstić information content (AvgIpc) is 3.10. The van der Waals surface area contributed by atoms with Gasteiger partial charge < -0.3 is 14.6 Å². The molecule has 0 unspecified atom stereocenters. The predicted molar refractivity (Wildman–Crippen MR) is 93.1 cm³/mol. The number of benzene rings is 1. The Hall–Kier alpha value is -2.80. The molecule has 138 valence electrons. The summed E-state index contributed by atoms with van der Waals surface area (Å²) in [5, 5.41) is 19.8. The van der Waals surface area contributed by atoms with Gasteiger partial charge >= 0.3 is 18.9 Å². The Kier molecular flexibility index (Phi) is 6.85. The minimum atomic E-state index is -1.50. The molecule has 0 aliphatic carbocycles. The van der Waals surface area contributed by atoms with Gasteiger partial charge in [-0.25, -0.2) is 4.39 Å². The summed E-state index contributed by atoms with van der Waals surface area (Å²) >= 11 is 0.644. The third-order valence-corrected chi connectivity index (χ3v) is 4.39. The summed E-state index contributed by atoms with van der Waals surface area (Å²) in [5.74, 6) is -2.46. The van der Waals surface area contributed by atoms with E-state index in [-0.39, 0.29) is 51.4 Å². The monoisotopic (exact) mass is 394 g/mol. The van der Waals surface area contributed by atoms with Crippen molar-refractivity contribution in [3.63, 3.8) is 0 Å². The smallest absolute Gasteiger partial charge is 0.542 e. The van der Waals surface area contributed by atoms with Gasteiger partial charge in [-0.3, -0.25) is 15.1 Å². The van der Waals surface area contributed by atoms with Gasteiger partial charge in [0, 0.05) is 17.5 Å². The zero-order chi connectivity index (χ0) is 19.6. The summed E-state index contributed by atoms with van der Waals surface area (Å²) in [6.45, 7) is 1.70. The summed E-state index contributed by atoms with van der Waals surface area (Å²) in [5.41, 5.74) is 1.03. The van der Waals surface area contributed by atoms with E-state index in [0.717, 1.165) is 0 Å². The van der Waals surface area contributed by atoms with Gasteiger partial charge in [-0.1, -0.05) is 17.4 Å². The molecule has 0 aliphatic heterocycles. The molecule has 0 bridgehead atoms. The number of carboxylic acids is 1. The Bertz CT molecular complexity index is 1040. The fraction of sp³-hybridized carbons (Fsp3) is 0.118. The van der Waals surface area contributed by atoms with Gasteiger partial charge in [-0.05, 0) is 25.1 Å². The number of carbonyl (C=O) groups excluding carboxylic acids is 2. The summed E-state index contributed by atoms with van der Waals surface area (Å²) in [7, 11) is 1.40. The Morgan fingerprint density at radius 3 is 2.68 bits per heavy atom. The molecule has 1 N–H and O–H groups in total. The first-order valence-electron chi connectivity index (χ1n) is 7.56. The molecule has 11 heteroatoms. The second-order valence-corrected chi connectivity index (χ2v) is 6.32. The molecule has 0 atom stereocenters. The summed E-state index contributed by atoms with van der Waals surface area (Å²) in [4.78, 5) is 27.5. The minimum Gasteiger partial charge on any atom is -0.542 e. The molecule has 3 aromatic rings. The van der Waals surface area contributed by atoms with Crippen molar-refractivity contribution in [3.05, 3.63) is 52.5 Å². The number of carboxylic acid groups (broad SMARTS) is 1. The summed E-state index contributed by atoms with van der Waals surface area (Å²) < 4.78 is 19.7. The zero-order valence-electron chi connectivity index (χ0n) is 15.1. The number of rotatable bonds is 5. The van der Waals surface area contributed by atoms with Gasteiger partial charge in [0.15, 0.2) is 5.01 Å². The van der Waals surface area contributed by atoms with Crippen LogP contribution in [-0.4, -0.2) is 34.2 Å². The van der Waals surface area contributed by atoms with Gasteiger partial charge in [0.1, 0.15) is 17.5 Å². The average molecular weight is 394 g/mol. The Balaban J connectivity index is 0.00000280. The number of aryl methyl sites for hydroxylation is 1. The predicted octanol–water partition coefficient (Wildman–Crippen LogP) is -1.32. The maximum Gasteiger partial charge on any atom is 1.00 e. The molecule has 8 nitrogen and oxygen atoms in total. The molecule has 3 rings (SSSR count). The summed E-state index contributed by atoms with van der Waals surface area (Å²) in [6.07, 6.45) is 1.30. The number of nitrogens with one attached hydrogen (secondary N) is 1. The van der Waals surface area contributed by atoms with Crippen LogP contribution < -0.4 is 34.0 Å². The number of hydrogen-bond acceptors (Lipinski definition) is 8. The number of pyridine rings is 1. The molecule has 0 fully saturated rings. The van der Waals surface area contributed by atoms with E-state index in [0.29, 0.717) is 17.0 Å². The fourth-order valence-electron chi connectivity index (χ4n) is 2.40. The van der Waals surface area contributed by atoms with Crippen molar-refractivity contribution in [2.45, 2.75) is 6.92 Å². The zero-order valence-corrected chi connectivity index (χ0v) is 16.0. The number of nitrogens with zero attached hydrogens (tertiary/aromatic N) is 3. The van der Waals surface area contributed by atoms with E-state index in [4.69, 9.17) is 4.74 Å². The molecule has 2 heterocycles. The van der Waals surface area contributed by atoms with Crippen LogP contribution in [0.5, 0.6) is 5.75 Å². The molecule has 0 aliphatic rings. The van der Waals surface area contributed by atoms with Gasteiger partial charge in [0.2, 0.25) is 5.13 Å². The molecule has 0 spiro atoms. The number of ether oxygens (including phenoxy) is 1. The number of aromatic carboxylic acids is 1. The Morgan fingerprint density at radius 1 is 1.29 bits per heavy atom. The molecule has 0 saturated carbocycles. The number of amides is 1. The first kappa shape index (κ1) is 21.5. The fourth-order valence-corrected chi connectivity index (χ4v) is 2.98. The normalized spacial score (nSPS) is 10.1. The van der Waals surface area contributed by atoms with Crippen LogP contribution in [0.1, 0.15) is 25.9 Å². The van der Waals surface area contributed by atoms with Crippen LogP contribution in [0.15, 0.2) is 30.5 Å². The third kappa shape index (κ3) is 4.36. The summed E-state index contributed by atoms with van der Waals surface area (Å²) in [6, 6.07) is 5.88. The molecule has 1 aromatic carbocycles. The number of methoxy groups -OCH3 is 1. The third-order valence-electron chi connectivity index (χ3n) is 3.57. The minimum absolute atomic E-state index is 0. The van der Waals surface area contributed by atoms with E-state index in [9.17, 15) is 19.1 Å². The van der Waals surface area contributed by atoms with E-state index in [1.165, 1.54) is 25.4 Å². The van der Waals surface area contributed by atoms with E-state index < -0.39 is 17.7 Å². The molecule has 0 radical (unpaired) electrons. The SMILES string of the molecule is COc1cccc(F)c1-c1cc(C)ncc1C(=O)Nc1nnc(C(=O)[O-])s1.[Li+]. The van der Waals surface area contributed by atoms with Gasteiger partial charge in [-0.2, -0.15) is 0 Å². The van der Waals surface area contributed by atoms with Crippen molar-refractivity contribution in [3.8, 4) is 16.9 Å². The first-order valence-corrected chi connectivity index (χ1v) is 8.38. The van der Waals surface area contributed by atoms with Gasteiger partial charge in [-0.15, -0.1) is 10.2 Å². The molecule has 2 aromatic heterocycles. The van der Waals surface area contributed by atoms with Gasteiger partial charge in [0.05, 0.1) is 18.2 Å². The Labute approximate surface area is 175 Å². The van der Waals surface area contributed by atoms with Crippen LogP contribution in [0.2, 0.25) is 0 Å². The van der Waals surface area contributed by atoms with Crippen molar-refractivity contribution in [1.82, 2.24) is 15.2 Å². The van der Waals surface area contributed by atoms with Crippen LogP contribution in [-0.2, 0) is 0 Å². The van der Waals surface area contributed by atoms with Crippen molar-refractivity contribution < 1.29 is 42.7 Å². The first-order chi connectivity index (χ1) is 12.9. The van der Waals surface area contributed by atoms with E-state index in [1.807, 2.05) is 0 Å². The second kappa shape index (κ2) is 8.92. The number of carbonyl (C=O) groups is 2. The van der Waals surface area contributed by atoms with Crippen molar-refractivity contribution >= 4 is 28.3 Å². The standard InChI is InChI=1S/C17H13FN4O4S.Li/c1-8-6-9(13-11(18)4-3-5-12(13)26-2)10(7-19-8)14(23)20-17-22-21-15(27-17)16(24)25;/h3-7H,1-2H3,(H,24,25)(H,20,22,23);/q;+1/p-1. The largest absolute Gasteiger partial charge is 1.00 e. The molecular formula is C17H12FLiN4O4S. The van der Waals surface area contributed by atoms with Crippen LogP contribution in [0.25, 0.3) is 11.1 Å². The topological polar surface area (TPSA) is 117 Å². The molecule has 28 heavy (non-hydrogen) atoms. The van der Waals surface area contributed by atoms with Crippen LogP contribution in [0.4, 0.5) is 9.52 Å². The second-order valence-electron chi connectivity index (χ2n) is 5.34. The number of hydrogen-bond donors (Lipinski definition) is 1. The number of anilines is 1. The maximum atomic E-state index is 14.5. The molecule has 1 amide bonds. The quantitative estimate of drug-likeness (QED) is 0.533. The van der Waals surface area contributed by atoms with Crippen LogP contribution in [0, 0.1) is 12.7 Å². The number of aromatic nitrogens is 3.